The van der Waals surface area contributed by atoms with Gasteiger partial charge in [-0.05, 0) is 18.2 Å². The summed E-state index contributed by atoms with van der Waals surface area (Å²) in [4.78, 5) is 13.6. The SMILES string of the molecule is CN(Cc1cnn(C)c1)C(=O)c1ccc(Br)cc1F. The third kappa shape index (κ3) is 3.20. The maximum atomic E-state index is 13.7. The van der Waals surface area contributed by atoms with E-state index < -0.39 is 5.82 Å². The van der Waals surface area contributed by atoms with Crippen LogP contribution in [0.3, 0.4) is 0 Å². The molecule has 0 N–H and O–H groups in total. The Morgan fingerprint density at radius 3 is 2.84 bits per heavy atom. The van der Waals surface area contributed by atoms with Crippen molar-refractivity contribution in [1.29, 1.82) is 0 Å². The summed E-state index contributed by atoms with van der Waals surface area (Å²) in [5.74, 6) is -0.883. The van der Waals surface area contributed by atoms with Crippen LogP contribution in [0.5, 0.6) is 0 Å². The highest BCUT2D eigenvalue weighted by atomic mass is 79.9. The number of carbonyl (C=O) groups excluding carboxylic acids is 1. The first-order chi connectivity index (χ1) is 8.97. The molecule has 100 valence electrons. The Bertz CT molecular complexity index is 612. The molecule has 1 heterocycles. The van der Waals surface area contributed by atoms with Crippen LogP contribution < -0.4 is 0 Å². The summed E-state index contributed by atoms with van der Waals surface area (Å²) in [6.07, 6.45) is 3.50. The van der Waals surface area contributed by atoms with E-state index in [1.807, 2.05) is 6.20 Å². The van der Waals surface area contributed by atoms with Gasteiger partial charge in [0, 0.05) is 36.9 Å². The van der Waals surface area contributed by atoms with E-state index in [9.17, 15) is 9.18 Å². The van der Waals surface area contributed by atoms with E-state index in [0.29, 0.717) is 11.0 Å². The zero-order chi connectivity index (χ0) is 14.0. The number of nitrogens with zero attached hydrogens (tertiary/aromatic N) is 3. The van der Waals surface area contributed by atoms with Crippen molar-refractivity contribution in [3.63, 3.8) is 0 Å². The Balaban J connectivity index is 2.14. The molecule has 1 aromatic carbocycles. The minimum atomic E-state index is -0.530. The smallest absolute Gasteiger partial charge is 0.256 e. The highest BCUT2D eigenvalue weighted by Crippen LogP contribution is 2.17. The summed E-state index contributed by atoms with van der Waals surface area (Å²) in [5.41, 5.74) is 0.963. The normalized spacial score (nSPS) is 10.5. The Hall–Kier alpha value is -1.69. The summed E-state index contributed by atoms with van der Waals surface area (Å²) < 4.78 is 16.0. The molecule has 4 nitrogen and oxygen atoms in total. The van der Waals surface area contributed by atoms with Gasteiger partial charge in [0.25, 0.3) is 5.91 Å². The fourth-order valence-corrected chi connectivity index (χ4v) is 2.10. The Morgan fingerprint density at radius 1 is 1.53 bits per heavy atom. The van der Waals surface area contributed by atoms with Crippen LogP contribution in [0.4, 0.5) is 4.39 Å². The van der Waals surface area contributed by atoms with E-state index in [1.54, 1.807) is 31.0 Å². The van der Waals surface area contributed by atoms with Crippen LogP contribution in [0.1, 0.15) is 15.9 Å². The van der Waals surface area contributed by atoms with Crippen molar-refractivity contribution in [1.82, 2.24) is 14.7 Å². The molecule has 0 aliphatic rings. The Morgan fingerprint density at radius 2 is 2.26 bits per heavy atom. The largest absolute Gasteiger partial charge is 0.337 e. The molecule has 2 aromatic rings. The number of hydrogen-bond acceptors (Lipinski definition) is 2. The topological polar surface area (TPSA) is 38.1 Å². The molecule has 6 heteroatoms. The van der Waals surface area contributed by atoms with Crippen LogP contribution in [0.15, 0.2) is 35.1 Å². The van der Waals surface area contributed by atoms with Gasteiger partial charge in [0.1, 0.15) is 5.82 Å². The number of carbonyl (C=O) groups is 1. The van der Waals surface area contributed by atoms with E-state index in [0.717, 1.165) is 5.56 Å². The fraction of sp³-hybridized carbons (Fsp3) is 0.231. The average molecular weight is 326 g/mol. The van der Waals surface area contributed by atoms with Crippen molar-refractivity contribution in [3.8, 4) is 0 Å². The van der Waals surface area contributed by atoms with Crippen molar-refractivity contribution >= 4 is 21.8 Å². The van der Waals surface area contributed by atoms with E-state index in [-0.39, 0.29) is 11.5 Å². The van der Waals surface area contributed by atoms with Gasteiger partial charge in [0.15, 0.2) is 0 Å². The zero-order valence-corrected chi connectivity index (χ0v) is 12.2. The number of halogens is 2. The molecule has 19 heavy (non-hydrogen) atoms. The number of benzene rings is 1. The molecule has 1 aromatic heterocycles. The second kappa shape index (κ2) is 5.52. The summed E-state index contributed by atoms with van der Waals surface area (Å²) in [5, 5.41) is 4.03. The van der Waals surface area contributed by atoms with Gasteiger partial charge in [-0.3, -0.25) is 9.48 Å². The molecule has 0 radical (unpaired) electrons. The standard InChI is InChI=1S/C13H13BrFN3O/c1-17(7-9-6-16-18(2)8-9)13(19)11-4-3-10(14)5-12(11)15/h3-6,8H,7H2,1-2H3. The van der Waals surface area contributed by atoms with Crippen molar-refractivity contribution in [2.75, 3.05) is 7.05 Å². The number of rotatable bonds is 3. The highest BCUT2D eigenvalue weighted by Gasteiger charge is 2.16. The number of aromatic nitrogens is 2. The predicted molar refractivity (Wildman–Crippen MR) is 73.1 cm³/mol. The van der Waals surface area contributed by atoms with Gasteiger partial charge in [0.2, 0.25) is 0 Å². The molecular formula is C13H13BrFN3O. The van der Waals surface area contributed by atoms with Gasteiger partial charge in [-0.15, -0.1) is 0 Å². The van der Waals surface area contributed by atoms with Crippen molar-refractivity contribution in [2.24, 2.45) is 7.05 Å². The lowest BCUT2D eigenvalue weighted by molar-refractivity contribution is 0.0780. The second-order valence-corrected chi connectivity index (χ2v) is 5.22. The Labute approximate surface area is 119 Å². The molecule has 0 unspecified atom stereocenters. The van der Waals surface area contributed by atoms with Crippen LogP contribution in [0.2, 0.25) is 0 Å². The minimum absolute atomic E-state index is 0.0644. The molecule has 0 fully saturated rings. The van der Waals surface area contributed by atoms with Crippen molar-refractivity contribution in [2.45, 2.75) is 6.54 Å². The molecule has 0 saturated heterocycles. The highest BCUT2D eigenvalue weighted by molar-refractivity contribution is 9.10. The summed E-state index contributed by atoms with van der Waals surface area (Å²) in [7, 11) is 3.44. The lowest BCUT2D eigenvalue weighted by Gasteiger charge is -2.16. The molecule has 0 bridgehead atoms. The Kier molecular flexibility index (Phi) is 3.99. The quantitative estimate of drug-likeness (QED) is 0.870. The monoisotopic (exact) mass is 325 g/mol. The van der Waals surface area contributed by atoms with Crippen LogP contribution >= 0.6 is 15.9 Å². The lowest BCUT2D eigenvalue weighted by Crippen LogP contribution is -2.26. The van der Waals surface area contributed by atoms with Gasteiger partial charge in [-0.1, -0.05) is 15.9 Å². The molecule has 0 atom stereocenters. The third-order valence-corrected chi connectivity index (χ3v) is 3.18. The molecule has 2 rings (SSSR count). The van der Waals surface area contributed by atoms with Crippen molar-refractivity contribution < 1.29 is 9.18 Å². The molecule has 0 aliphatic heterocycles. The van der Waals surface area contributed by atoms with Crippen LogP contribution in [-0.4, -0.2) is 27.6 Å². The van der Waals surface area contributed by atoms with Gasteiger partial charge in [-0.25, -0.2) is 4.39 Å². The van der Waals surface area contributed by atoms with Crippen LogP contribution in [0.25, 0.3) is 0 Å². The van der Waals surface area contributed by atoms with E-state index in [4.69, 9.17) is 0 Å². The first-order valence-corrected chi connectivity index (χ1v) is 6.44. The van der Waals surface area contributed by atoms with E-state index in [1.165, 1.54) is 17.0 Å². The fourth-order valence-electron chi connectivity index (χ4n) is 1.77. The average Bonchev–Trinajstić information content (AvgIpc) is 2.74. The molecular weight excluding hydrogens is 313 g/mol. The maximum Gasteiger partial charge on any atom is 0.256 e. The van der Waals surface area contributed by atoms with Gasteiger partial charge < -0.3 is 4.90 Å². The molecule has 0 spiro atoms. The number of aryl methyl sites for hydroxylation is 1. The second-order valence-electron chi connectivity index (χ2n) is 4.31. The van der Waals surface area contributed by atoms with Gasteiger partial charge in [0.05, 0.1) is 11.8 Å². The third-order valence-electron chi connectivity index (χ3n) is 2.69. The van der Waals surface area contributed by atoms with E-state index >= 15 is 0 Å². The summed E-state index contributed by atoms with van der Waals surface area (Å²) >= 11 is 3.16. The predicted octanol–water partition coefficient (Wildman–Crippen LogP) is 2.59. The van der Waals surface area contributed by atoms with Crippen LogP contribution in [-0.2, 0) is 13.6 Å². The van der Waals surface area contributed by atoms with Crippen molar-refractivity contribution in [3.05, 3.63) is 52.0 Å². The number of amides is 1. The number of hydrogen-bond donors (Lipinski definition) is 0. The molecule has 1 amide bonds. The van der Waals surface area contributed by atoms with Gasteiger partial charge >= 0.3 is 0 Å². The summed E-state index contributed by atoms with van der Waals surface area (Å²) in [6.45, 7) is 0.391. The minimum Gasteiger partial charge on any atom is -0.337 e. The first-order valence-electron chi connectivity index (χ1n) is 5.65. The van der Waals surface area contributed by atoms with Gasteiger partial charge in [-0.2, -0.15) is 5.10 Å². The lowest BCUT2D eigenvalue weighted by atomic mass is 10.2. The molecule has 0 saturated carbocycles. The van der Waals surface area contributed by atoms with E-state index in [2.05, 4.69) is 21.0 Å². The first kappa shape index (κ1) is 13.7. The maximum absolute atomic E-state index is 13.7. The molecule has 0 aliphatic carbocycles. The summed E-state index contributed by atoms with van der Waals surface area (Å²) in [6, 6.07) is 4.40. The van der Waals surface area contributed by atoms with Crippen LogP contribution in [0, 0.1) is 5.82 Å². The zero-order valence-electron chi connectivity index (χ0n) is 10.6.